The number of carbonyl (C=O) groups is 1. The monoisotopic (exact) mass is 467 g/mol. The first-order valence-corrected chi connectivity index (χ1v) is 11.6. The first-order valence-electron chi connectivity index (χ1n) is 11.2. The van der Waals surface area contributed by atoms with Crippen molar-refractivity contribution in [2.24, 2.45) is 5.92 Å². The molecular weight excluding hydrogens is 441 g/mol. The van der Waals surface area contributed by atoms with Gasteiger partial charge in [-0.25, -0.2) is 4.39 Å². The fourth-order valence-electron chi connectivity index (χ4n) is 4.16. The van der Waals surface area contributed by atoms with Gasteiger partial charge in [0.25, 0.3) is 0 Å². The van der Waals surface area contributed by atoms with E-state index in [1.807, 2.05) is 47.4 Å². The van der Waals surface area contributed by atoms with Crippen molar-refractivity contribution >= 4 is 17.5 Å². The zero-order chi connectivity index (χ0) is 23.0. The number of carbonyl (C=O) groups excluding carboxylic acids is 1. The quantitative estimate of drug-likeness (QED) is 0.513. The maximum absolute atomic E-state index is 13.8. The SMILES string of the molecule is O=C(C1CCNCC1)N(CCOc1ccc(F)cc1)[C@@H](c1ccc(Cl)cc1)c1ccccn1. The van der Waals surface area contributed by atoms with E-state index in [1.54, 1.807) is 18.3 Å². The molecule has 0 bridgehead atoms. The van der Waals surface area contributed by atoms with Crippen molar-refractivity contribution in [2.75, 3.05) is 26.2 Å². The van der Waals surface area contributed by atoms with Gasteiger partial charge in [-0.1, -0.05) is 29.8 Å². The Labute approximate surface area is 198 Å². The van der Waals surface area contributed by atoms with Gasteiger partial charge >= 0.3 is 0 Å². The van der Waals surface area contributed by atoms with Gasteiger partial charge < -0.3 is 15.0 Å². The number of amides is 1. The minimum atomic E-state index is -0.373. The topological polar surface area (TPSA) is 54.5 Å². The second-order valence-corrected chi connectivity index (χ2v) is 8.50. The van der Waals surface area contributed by atoms with Crippen LogP contribution in [0.3, 0.4) is 0 Å². The number of aromatic nitrogens is 1. The van der Waals surface area contributed by atoms with Crippen LogP contribution in [0.2, 0.25) is 5.02 Å². The number of nitrogens with zero attached hydrogens (tertiary/aromatic N) is 2. The molecule has 1 atom stereocenters. The standard InChI is InChI=1S/C26H27ClFN3O2/c27-21-6-4-19(5-7-21)25(24-3-1-2-14-30-24)31(26(32)20-12-15-29-16-13-20)17-18-33-23-10-8-22(28)9-11-23/h1-11,14,20,25,29H,12-13,15-18H2/t25-/m0/s1. The van der Waals surface area contributed by atoms with Crippen molar-refractivity contribution in [3.8, 4) is 5.75 Å². The highest BCUT2D eigenvalue weighted by Gasteiger charge is 2.33. The van der Waals surface area contributed by atoms with Crippen molar-refractivity contribution in [3.05, 3.63) is 95.0 Å². The minimum absolute atomic E-state index is 0.0596. The lowest BCUT2D eigenvalue weighted by atomic mass is 9.93. The van der Waals surface area contributed by atoms with E-state index >= 15 is 0 Å². The van der Waals surface area contributed by atoms with Gasteiger partial charge in [0, 0.05) is 17.1 Å². The fourth-order valence-corrected chi connectivity index (χ4v) is 4.28. The molecule has 33 heavy (non-hydrogen) atoms. The highest BCUT2D eigenvalue weighted by molar-refractivity contribution is 6.30. The Balaban J connectivity index is 1.63. The normalized spacial score (nSPS) is 15.1. The zero-order valence-electron chi connectivity index (χ0n) is 18.3. The third-order valence-corrected chi connectivity index (χ3v) is 6.10. The molecule has 1 amide bonds. The van der Waals surface area contributed by atoms with Crippen LogP contribution < -0.4 is 10.1 Å². The summed E-state index contributed by atoms with van der Waals surface area (Å²) in [7, 11) is 0. The molecule has 0 radical (unpaired) electrons. The second-order valence-electron chi connectivity index (χ2n) is 8.07. The molecule has 1 N–H and O–H groups in total. The lowest BCUT2D eigenvalue weighted by Crippen LogP contribution is -2.45. The molecule has 4 rings (SSSR count). The van der Waals surface area contributed by atoms with E-state index in [-0.39, 0.29) is 30.3 Å². The van der Waals surface area contributed by atoms with E-state index in [1.165, 1.54) is 12.1 Å². The number of halogens is 2. The van der Waals surface area contributed by atoms with Crippen LogP contribution in [0.15, 0.2) is 72.9 Å². The molecule has 0 aliphatic carbocycles. The van der Waals surface area contributed by atoms with Crippen molar-refractivity contribution in [2.45, 2.75) is 18.9 Å². The summed E-state index contributed by atoms with van der Waals surface area (Å²) in [4.78, 5) is 20.2. The van der Waals surface area contributed by atoms with Gasteiger partial charge in [-0.05, 0) is 80.0 Å². The van der Waals surface area contributed by atoms with Crippen LogP contribution in [-0.4, -0.2) is 42.0 Å². The molecule has 0 unspecified atom stereocenters. The van der Waals surface area contributed by atoms with Crippen LogP contribution in [-0.2, 0) is 4.79 Å². The summed E-state index contributed by atoms with van der Waals surface area (Å²) in [5.74, 6) is 0.273. The number of ether oxygens (including phenoxy) is 1. The first kappa shape index (κ1) is 23.2. The van der Waals surface area contributed by atoms with Gasteiger partial charge in [-0.15, -0.1) is 0 Å². The summed E-state index contributed by atoms with van der Waals surface area (Å²) in [5, 5.41) is 3.96. The van der Waals surface area contributed by atoms with Crippen LogP contribution in [0.4, 0.5) is 4.39 Å². The molecule has 5 nitrogen and oxygen atoms in total. The molecule has 7 heteroatoms. The number of nitrogens with one attached hydrogen (secondary N) is 1. The molecule has 0 spiro atoms. The van der Waals surface area contributed by atoms with Gasteiger partial charge in [0.05, 0.1) is 18.3 Å². The van der Waals surface area contributed by atoms with Crippen molar-refractivity contribution in [1.82, 2.24) is 15.2 Å². The van der Waals surface area contributed by atoms with E-state index in [0.29, 0.717) is 17.3 Å². The van der Waals surface area contributed by atoms with Crippen LogP contribution in [0.5, 0.6) is 5.75 Å². The maximum atomic E-state index is 13.8. The molecule has 3 aromatic rings. The van der Waals surface area contributed by atoms with Crippen molar-refractivity contribution in [1.29, 1.82) is 0 Å². The smallest absolute Gasteiger partial charge is 0.226 e. The predicted molar refractivity (Wildman–Crippen MR) is 127 cm³/mol. The largest absolute Gasteiger partial charge is 0.492 e. The van der Waals surface area contributed by atoms with Crippen LogP contribution in [0.25, 0.3) is 0 Å². The van der Waals surface area contributed by atoms with Gasteiger partial charge in [-0.3, -0.25) is 9.78 Å². The third kappa shape index (κ3) is 6.09. The molecule has 1 fully saturated rings. The van der Waals surface area contributed by atoms with Crippen LogP contribution >= 0.6 is 11.6 Å². The first-order chi connectivity index (χ1) is 16.1. The Morgan fingerprint density at radius 3 is 2.48 bits per heavy atom. The summed E-state index contributed by atoms with van der Waals surface area (Å²) >= 11 is 6.14. The Bertz CT molecular complexity index is 1030. The van der Waals surface area contributed by atoms with Gasteiger partial charge in [0.15, 0.2) is 0 Å². The molecule has 1 aromatic heterocycles. The molecule has 0 saturated carbocycles. The third-order valence-electron chi connectivity index (χ3n) is 5.85. The Morgan fingerprint density at radius 2 is 1.82 bits per heavy atom. The lowest BCUT2D eigenvalue weighted by molar-refractivity contribution is -0.138. The minimum Gasteiger partial charge on any atom is -0.492 e. The number of hydrogen-bond acceptors (Lipinski definition) is 4. The Hall–Kier alpha value is -2.96. The lowest BCUT2D eigenvalue weighted by Gasteiger charge is -2.35. The van der Waals surface area contributed by atoms with Crippen LogP contribution in [0, 0.1) is 11.7 Å². The molecule has 172 valence electrons. The van der Waals surface area contributed by atoms with E-state index in [2.05, 4.69) is 10.3 Å². The molecule has 1 aliphatic rings. The Kier molecular flexibility index (Phi) is 7.92. The predicted octanol–water partition coefficient (Wildman–Crippen LogP) is 4.87. The molecule has 2 heterocycles. The van der Waals surface area contributed by atoms with E-state index in [0.717, 1.165) is 37.2 Å². The highest BCUT2D eigenvalue weighted by Crippen LogP contribution is 2.31. The molecule has 1 aliphatic heterocycles. The van der Waals surface area contributed by atoms with Gasteiger partial charge in [0.1, 0.15) is 18.2 Å². The molecule has 1 saturated heterocycles. The summed E-state index contributed by atoms with van der Waals surface area (Å²) < 4.78 is 19.1. The van der Waals surface area contributed by atoms with E-state index in [9.17, 15) is 9.18 Å². The van der Waals surface area contributed by atoms with E-state index in [4.69, 9.17) is 16.3 Å². The van der Waals surface area contributed by atoms with Gasteiger partial charge in [-0.2, -0.15) is 0 Å². The summed E-state index contributed by atoms with van der Waals surface area (Å²) in [5.41, 5.74) is 1.71. The zero-order valence-corrected chi connectivity index (χ0v) is 19.0. The number of piperidine rings is 1. The average molecular weight is 468 g/mol. The number of benzene rings is 2. The number of pyridine rings is 1. The number of rotatable bonds is 8. The summed E-state index contributed by atoms with van der Waals surface area (Å²) in [6, 6.07) is 18.8. The molecule has 2 aromatic carbocycles. The number of hydrogen-bond donors (Lipinski definition) is 1. The van der Waals surface area contributed by atoms with Gasteiger partial charge in [0.2, 0.25) is 5.91 Å². The summed E-state index contributed by atoms with van der Waals surface area (Å²) in [6.45, 7) is 2.29. The maximum Gasteiger partial charge on any atom is 0.226 e. The highest BCUT2D eigenvalue weighted by atomic mass is 35.5. The fraction of sp³-hybridized carbons (Fsp3) is 0.308. The Morgan fingerprint density at radius 1 is 1.09 bits per heavy atom. The van der Waals surface area contributed by atoms with Crippen molar-refractivity contribution < 1.29 is 13.9 Å². The van der Waals surface area contributed by atoms with Crippen molar-refractivity contribution in [3.63, 3.8) is 0 Å². The second kappa shape index (κ2) is 11.3. The molecular formula is C26H27ClFN3O2. The average Bonchev–Trinajstić information content (AvgIpc) is 2.86. The van der Waals surface area contributed by atoms with Crippen LogP contribution in [0.1, 0.15) is 30.1 Å². The summed E-state index contributed by atoms with van der Waals surface area (Å²) in [6.07, 6.45) is 3.33. The van der Waals surface area contributed by atoms with E-state index < -0.39 is 0 Å².